The first-order chi connectivity index (χ1) is 3.33. The number of methoxy groups -OCH3 is 1. The maximum atomic E-state index is 4.96. The molecular formula is C3H7Cl3O. The lowest BCUT2D eigenvalue weighted by atomic mass is 11.5. The van der Waals surface area contributed by atoms with Crippen LogP contribution in [-0.4, -0.2) is 18.5 Å². The highest BCUT2D eigenvalue weighted by atomic mass is 35.5. The first-order valence-corrected chi connectivity index (χ1v) is 3.10. The van der Waals surface area contributed by atoms with Gasteiger partial charge in [-0.15, -0.1) is 23.2 Å². The Bertz CT molecular complexity index is 17.7. The summed E-state index contributed by atoms with van der Waals surface area (Å²) in [6.07, 6.45) is 0. The summed E-state index contributed by atoms with van der Waals surface area (Å²) in [6.45, 7) is 0. The maximum absolute atomic E-state index is 4.96. The van der Waals surface area contributed by atoms with Crippen LogP contribution in [0.25, 0.3) is 0 Å². The van der Waals surface area contributed by atoms with E-state index >= 15 is 0 Å². The molecule has 0 aromatic carbocycles. The second kappa shape index (κ2) is 15.8. The van der Waals surface area contributed by atoms with Gasteiger partial charge in [0.1, 0.15) is 6.07 Å². The SMILES string of the molecule is COCCl.ClCCl. The van der Waals surface area contributed by atoms with E-state index in [0.29, 0.717) is 6.07 Å². The van der Waals surface area contributed by atoms with Crippen LogP contribution in [0.4, 0.5) is 0 Å². The third-order valence-corrected chi connectivity index (χ3v) is 0.327. The fourth-order valence-electron chi connectivity index (χ4n) is 0. The van der Waals surface area contributed by atoms with Crippen LogP contribution in [-0.2, 0) is 4.74 Å². The molecule has 0 saturated heterocycles. The number of rotatable bonds is 1. The number of hydrogen-bond donors (Lipinski definition) is 0. The monoisotopic (exact) mass is 164 g/mol. The molecule has 0 heterocycles. The number of alkyl halides is 3. The molecule has 0 atom stereocenters. The zero-order valence-corrected chi connectivity index (χ0v) is 6.22. The van der Waals surface area contributed by atoms with E-state index in [9.17, 15) is 0 Å². The molecule has 4 heteroatoms. The van der Waals surface area contributed by atoms with E-state index in [4.69, 9.17) is 34.8 Å². The van der Waals surface area contributed by atoms with Crippen molar-refractivity contribution in [3.63, 3.8) is 0 Å². The van der Waals surface area contributed by atoms with Crippen molar-refractivity contribution in [2.45, 2.75) is 0 Å². The van der Waals surface area contributed by atoms with Gasteiger partial charge in [-0.05, 0) is 0 Å². The molecule has 0 saturated carbocycles. The maximum Gasteiger partial charge on any atom is 0.120 e. The topological polar surface area (TPSA) is 9.23 Å². The van der Waals surface area contributed by atoms with Gasteiger partial charge in [0.25, 0.3) is 0 Å². The molecule has 0 aliphatic rings. The summed E-state index contributed by atoms with van der Waals surface area (Å²) in [5, 5.41) is 0.194. The molecule has 0 aromatic heterocycles. The fraction of sp³-hybridized carbons (Fsp3) is 1.00. The molecule has 46 valence electrons. The van der Waals surface area contributed by atoms with Gasteiger partial charge in [0.05, 0.1) is 5.34 Å². The van der Waals surface area contributed by atoms with Crippen LogP contribution < -0.4 is 0 Å². The Morgan fingerprint density at radius 3 is 1.43 bits per heavy atom. The number of ether oxygens (including phenoxy) is 1. The quantitative estimate of drug-likeness (QED) is 0.542. The molecule has 0 bridgehead atoms. The Hall–Kier alpha value is 0.830. The van der Waals surface area contributed by atoms with E-state index in [1.165, 1.54) is 0 Å². The van der Waals surface area contributed by atoms with Crippen molar-refractivity contribution >= 4 is 34.8 Å². The normalized spacial score (nSPS) is 6.86. The lowest BCUT2D eigenvalue weighted by Gasteiger charge is -1.74. The predicted octanol–water partition coefficient (Wildman–Crippen LogP) is 2.25. The van der Waals surface area contributed by atoms with Gasteiger partial charge in [-0.2, -0.15) is 0 Å². The van der Waals surface area contributed by atoms with E-state index in [2.05, 4.69) is 4.74 Å². The summed E-state index contributed by atoms with van der Waals surface area (Å²) in [5.41, 5.74) is 0. The second-order valence-corrected chi connectivity index (χ2v) is 1.53. The molecule has 0 fully saturated rings. The largest absolute Gasteiger partial charge is 0.369 e. The fourth-order valence-corrected chi connectivity index (χ4v) is 0. The zero-order chi connectivity index (χ0) is 6.12. The lowest BCUT2D eigenvalue weighted by Crippen LogP contribution is -1.68. The Morgan fingerprint density at radius 1 is 1.29 bits per heavy atom. The van der Waals surface area contributed by atoms with Gasteiger partial charge in [0.15, 0.2) is 0 Å². The predicted molar refractivity (Wildman–Crippen MR) is 34.3 cm³/mol. The molecule has 0 radical (unpaired) electrons. The van der Waals surface area contributed by atoms with E-state index < -0.39 is 0 Å². The third-order valence-electron chi connectivity index (χ3n) is 0.109. The summed E-state index contributed by atoms with van der Waals surface area (Å²) in [7, 11) is 1.55. The van der Waals surface area contributed by atoms with Crippen molar-refractivity contribution in [3.05, 3.63) is 0 Å². The molecule has 0 unspecified atom stereocenters. The van der Waals surface area contributed by atoms with Gasteiger partial charge in [0.2, 0.25) is 0 Å². The van der Waals surface area contributed by atoms with E-state index in [1.807, 2.05) is 0 Å². The molecule has 0 amide bonds. The van der Waals surface area contributed by atoms with Crippen molar-refractivity contribution in [2.24, 2.45) is 0 Å². The Balaban J connectivity index is 0. The molecule has 0 N–H and O–H groups in total. The van der Waals surface area contributed by atoms with Crippen molar-refractivity contribution in [1.29, 1.82) is 0 Å². The highest BCUT2D eigenvalue weighted by Crippen LogP contribution is 1.73. The van der Waals surface area contributed by atoms with Crippen molar-refractivity contribution in [2.75, 3.05) is 18.5 Å². The molecule has 0 aromatic rings. The van der Waals surface area contributed by atoms with Crippen LogP contribution >= 0.6 is 34.8 Å². The van der Waals surface area contributed by atoms with Crippen LogP contribution in [0, 0.1) is 0 Å². The minimum Gasteiger partial charge on any atom is -0.369 e. The summed E-state index contributed by atoms with van der Waals surface area (Å²) in [6, 6.07) is 0.292. The van der Waals surface area contributed by atoms with Crippen LogP contribution in [0.1, 0.15) is 0 Å². The van der Waals surface area contributed by atoms with Gasteiger partial charge < -0.3 is 4.74 Å². The minimum absolute atomic E-state index is 0.194. The van der Waals surface area contributed by atoms with E-state index in [-0.39, 0.29) is 5.34 Å². The lowest BCUT2D eigenvalue weighted by molar-refractivity contribution is 0.254. The summed E-state index contributed by atoms with van der Waals surface area (Å²) < 4.78 is 4.31. The zero-order valence-electron chi connectivity index (χ0n) is 3.96. The van der Waals surface area contributed by atoms with Crippen LogP contribution in [0.3, 0.4) is 0 Å². The Morgan fingerprint density at radius 2 is 1.43 bits per heavy atom. The van der Waals surface area contributed by atoms with E-state index in [1.54, 1.807) is 7.11 Å². The van der Waals surface area contributed by atoms with Crippen molar-refractivity contribution in [3.8, 4) is 0 Å². The second-order valence-electron chi connectivity index (χ2n) is 0.499. The Labute approximate surface area is 58.5 Å². The average molecular weight is 165 g/mol. The van der Waals surface area contributed by atoms with Crippen molar-refractivity contribution in [1.82, 2.24) is 0 Å². The molecule has 7 heavy (non-hydrogen) atoms. The van der Waals surface area contributed by atoms with Crippen LogP contribution in [0.5, 0.6) is 0 Å². The van der Waals surface area contributed by atoms with Gasteiger partial charge in [0, 0.05) is 7.11 Å². The minimum atomic E-state index is 0.194. The smallest absolute Gasteiger partial charge is 0.120 e. The first-order valence-electron chi connectivity index (χ1n) is 1.50. The van der Waals surface area contributed by atoms with Crippen LogP contribution in [0.15, 0.2) is 0 Å². The molecule has 0 spiro atoms. The number of hydrogen-bond acceptors (Lipinski definition) is 1. The Kier molecular flexibility index (Phi) is 24.3. The highest BCUT2D eigenvalue weighted by Gasteiger charge is 1.54. The van der Waals surface area contributed by atoms with Gasteiger partial charge >= 0.3 is 0 Å². The van der Waals surface area contributed by atoms with Crippen molar-refractivity contribution < 1.29 is 4.74 Å². The molecule has 1 nitrogen and oxygen atoms in total. The highest BCUT2D eigenvalue weighted by molar-refractivity contribution is 6.40. The summed E-state index contributed by atoms with van der Waals surface area (Å²) >= 11 is 14.5. The molecule has 0 aliphatic carbocycles. The van der Waals surface area contributed by atoms with Crippen LogP contribution in [0.2, 0.25) is 0 Å². The molecular weight excluding hydrogens is 158 g/mol. The van der Waals surface area contributed by atoms with Gasteiger partial charge in [-0.1, -0.05) is 11.6 Å². The third kappa shape index (κ3) is 47.6. The van der Waals surface area contributed by atoms with Gasteiger partial charge in [-0.25, -0.2) is 0 Å². The molecule has 0 aliphatic heterocycles. The standard InChI is InChI=1S/C2H5ClO.CH2Cl2/c1-4-2-3;2-1-3/h2H2,1H3;1H2. The summed E-state index contributed by atoms with van der Waals surface area (Å²) in [4.78, 5) is 0. The average Bonchev–Trinajstić information content (AvgIpc) is 1.69. The van der Waals surface area contributed by atoms with Gasteiger partial charge in [-0.3, -0.25) is 0 Å². The first kappa shape index (κ1) is 10.7. The molecule has 0 rings (SSSR count). The summed E-state index contributed by atoms with van der Waals surface area (Å²) in [5.74, 6) is 0. The van der Waals surface area contributed by atoms with E-state index in [0.717, 1.165) is 0 Å². The number of halogens is 3.